The lowest BCUT2D eigenvalue weighted by Crippen LogP contribution is -2.47. The smallest absolute Gasteiger partial charge is 0.220 e. The molecule has 0 amide bonds. The first-order valence-corrected chi connectivity index (χ1v) is 10.4. The predicted octanol–water partition coefficient (Wildman–Crippen LogP) is 2.12. The zero-order valence-electron chi connectivity index (χ0n) is 14.1. The molecular weight excluding hydrogens is 354 g/mol. The predicted molar refractivity (Wildman–Crippen MR) is 93.6 cm³/mol. The molecule has 3 aromatic rings. The molecule has 5 rings (SSSR count). The zero-order chi connectivity index (χ0) is 17.7. The fourth-order valence-electron chi connectivity index (χ4n) is 4.45. The van der Waals surface area contributed by atoms with Crippen molar-refractivity contribution in [3.63, 3.8) is 0 Å². The van der Waals surface area contributed by atoms with Crippen molar-refractivity contribution in [3.8, 4) is 0 Å². The van der Waals surface area contributed by atoms with Gasteiger partial charge in [0.2, 0.25) is 10.0 Å². The van der Waals surface area contributed by atoms with E-state index in [9.17, 15) is 8.42 Å². The molecule has 0 spiro atoms. The molecule has 26 heavy (non-hydrogen) atoms. The number of fused-ring (bicyclic) bond motifs is 3. The van der Waals surface area contributed by atoms with Crippen LogP contribution in [0.4, 0.5) is 0 Å². The molecule has 0 saturated carbocycles. The van der Waals surface area contributed by atoms with E-state index in [1.807, 2.05) is 18.2 Å². The Kier molecular flexibility index (Phi) is 3.61. The minimum atomic E-state index is -3.47. The quantitative estimate of drug-likeness (QED) is 0.695. The molecule has 136 valence electrons. The summed E-state index contributed by atoms with van der Waals surface area (Å²) in [5.74, 6) is -0.123. The molecule has 2 saturated heterocycles. The maximum atomic E-state index is 13.2. The topological polar surface area (TPSA) is 94.1 Å². The van der Waals surface area contributed by atoms with Gasteiger partial charge in [0.25, 0.3) is 0 Å². The van der Waals surface area contributed by atoms with Crippen LogP contribution in [0.1, 0.15) is 37.4 Å². The lowest BCUT2D eigenvalue weighted by Gasteiger charge is -2.37. The fraction of sp³-hybridized carbons (Fsp3) is 0.471. The van der Waals surface area contributed by atoms with Crippen molar-refractivity contribution in [3.05, 3.63) is 42.4 Å². The van der Waals surface area contributed by atoms with Crippen LogP contribution in [-0.4, -0.2) is 45.0 Å². The summed E-state index contributed by atoms with van der Waals surface area (Å²) in [6.45, 7) is 0. The Labute approximate surface area is 150 Å². The SMILES string of the molecule is O=S(=O)(Cc1noc2ccccc12)N1C2CCC1CC(n1nccn1)C2. The third-order valence-electron chi connectivity index (χ3n) is 5.50. The van der Waals surface area contributed by atoms with Crippen molar-refractivity contribution < 1.29 is 12.9 Å². The van der Waals surface area contributed by atoms with Crippen molar-refractivity contribution in [2.75, 3.05) is 0 Å². The van der Waals surface area contributed by atoms with E-state index < -0.39 is 10.0 Å². The summed E-state index contributed by atoms with van der Waals surface area (Å²) in [5.41, 5.74) is 1.10. The minimum absolute atomic E-state index is 0.00733. The lowest BCUT2D eigenvalue weighted by atomic mass is 10.0. The van der Waals surface area contributed by atoms with E-state index in [4.69, 9.17) is 4.52 Å². The molecule has 4 heterocycles. The molecular formula is C17H19N5O3S. The van der Waals surface area contributed by atoms with E-state index in [1.54, 1.807) is 27.6 Å². The molecule has 8 nitrogen and oxygen atoms in total. The summed E-state index contributed by atoms with van der Waals surface area (Å²) < 4.78 is 33.3. The molecule has 2 fully saturated rings. The Bertz CT molecular complexity index is 1020. The number of nitrogens with zero attached hydrogens (tertiary/aromatic N) is 5. The average molecular weight is 373 g/mol. The van der Waals surface area contributed by atoms with Crippen molar-refractivity contribution >= 4 is 21.0 Å². The van der Waals surface area contributed by atoms with E-state index >= 15 is 0 Å². The van der Waals surface area contributed by atoms with Crippen LogP contribution in [0, 0.1) is 0 Å². The molecule has 2 aliphatic rings. The van der Waals surface area contributed by atoms with Crippen LogP contribution >= 0.6 is 0 Å². The summed E-state index contributed by atoms with van der Waals surface area (Å²) >= 11 is 0. The molecule has 2 aromatic heterocycles. The van der Waals surface area contributed by atoms with Crippen LogP contribution in [0.5, 0.6) is 0 Å². The van der Waals surface area contributed by atoms with Crippen molar-refractivity contribution in [1.29, 1.82) is 0 Å². The summed E-state index contributed by atoms with van der Waals surface area (Å²) in [6.07, 6.45) is 6.62. The summed E-state index contributed by atoms with van der Waals surface area (Å²) in [5, 5.41) is 13.2. The van der Waals surface area contributed by atoms with E-state index in [2.05, 4.69) is 15.4 Å². The molecule has 0 radical (unpaired) electrons. The number of hydrogen-bond acceptors (Lipinski definition) is 6. The first-order valence-electron chi connectivity index (χ1n) is 8.82. The number of benzene rings is 1. The van der Waals surface area contributed by atoms with Gasteiger partial charge >= 0.3 is 0 Å². The fourth-order valence-corrected chi connectivity index (χ4v) is 6.45. The van der Waals surface area contributed by atoms with Gasteiger partial charge in [0, 0.05) is 17.5 Å². The molecule has 0 N–H and O–H groups in total. The van der Waals surface area contributed by atoms with Gasteiger partial charge in [-0.3, -0.25) is 0 Å². The van der Waals surface area contributed by atoms with Gasteiger partial charge in [0.15, 0.2) is 5.58 Å². The van der Waals surface area contributed by atoms with Crippen LogP contribution in [-0.2, 0) is 15.8 Å². The van der Waals surface area contributed by atoms with Crippen molar-refractivity contribution in [1.82, 2.24) is 24.5 Å². The highest BCUT2D eigenvalue weighted by atomic mass is 32.2. The Balaban J connectivity index is 1.41. The Morgan fingerprint density at radius 3 is 2.46 bits per heavy atom. The zero-order valence-corrected chi connectivity index (χ0v) is 14.9. The van der Waals surface area contributed by atoms with Crippen molar-refractivity contribution in [2.45, 2.75) is 49.6 Å². The van der Waals surface area contributed by atoms with Crippen LogP contribution in [0.3, 0.4) is 0 Å². The number of sulfonamides is 1. The highest BCUT2D eigenvalue weighted by Gasteiger charge is 2.47. The highest BCUT2D eigenvalue weighted by Crippen LogP contribution is 2.42. The Hall–Kier alpha value is -2.26. The van der Waals surface area contributed by atoms with Gasteiger partial charge in [0.1, 0.15) is 11.4 Å². The molecule has 2 unspecified atom stereocenters. The van der Waals surface area contributed by atoms with E-state index in [1.165, 1.54) is 0 Å². The van der Waals surface area contributed by atoms with Crippen LogP contribution in [0.25, 0.3) is 11.0 Å². The molecule has 2 atom stereocenters. The highest BCUT2D eigenvalue weighted by molar-refractivity contribution is 7.88. The number of rotatable bonds is 4. The Morgan fingerprint density at radius 2 is 1.73 bits per heavy atom. The standard InChI is InChI=1S/C17H19N5O3S/c23-26(24,11-16-15-3-1-2-4-17(15)25-20-16)21-12-5-6-13(21)10-14(9-12)22-18-7-8-19-22/h1-4,7-8,12-14H,5-6,9-11H2. The molecule has 2 bridgehead atoms. The van der Waals surface area contributed by atoms with Crippen LogP contribution < -0.4 is 0 Å². The van der Waals surface area contributed by atoms with Gasteiger partial charge in [-0.2, -0.15) is 19.3 Å². The third kappa shape index (κ3) is 2.53. The average Bonchev–Trinajstić information content (AvgIpc) is 3.35. The largest absolute Gasteiger partial charge is 0.356 e. The molecule has 0 aliphatic carbocycles. The Morgan fingerprint density at radius 1 is 1.04 bits per heavy atom. The lowest BCUT2D eigenvalue weighted by molar-refractivity contribution is 0.174. The van der Waals surface area contributed by atoms with E-state index in [0.29, 0.717) is 11.3 Å². The van der Waals surface area contributed by atoms with Crippen molar-refractivity contribution in [2.24, 2.45) is 0 Å². The van der Waals surface area contributed by atoms with Gasteiger partial charge in [-0.25, -0.2) is 8.42 Å². The second kappa shape index (κ2) is 5.88. The number of hydrogen-bond donors (Lipinski definition) is 0. The molecule has 2 aliphatic heterocycles. The van der Waals surface area contributed by atoms with Gasteiger partial charge in [-0.1, -0.05) is 17.3 Å². The summed E-state index contributed by atoms with van der Waals surface area (Å²) in [7, 11) is -3.47. The normalized spacial score (nSPS) is 26.5. The second-order valence-corrected chi connectivity index (χ2v) is 8.95. The van der Waals surface area contributed by atoms with Gasteiger partial charge in [0.05, 0.1) is 18.4 Å². The maximum absolute atomic E-state index is 13.2. The van der Waals surface area contributed by atoms with Gasteiger partial charge in [-0.15, -0.1) is 0 Å². The first kappa shape index (κ1) is 16.0. The molecule has 1 aromatic carbocycles. The minimum Gasteiger partial charge on any atom is -0.356 e. The summed E-state index contributed by atoms with van der Waals surface area (Å²) in [4.78, 5) is 1.72. The number of para-hydroxylation sites is 1. The first-order chi connectivity index (χ1) is 12.6. The second-order valence-electron chi connectivity index (χ2n) is 7.07. The van der Waals surface area contributed by atoms with E-state index in [-0.39, 0.29) is 23.9 Å². The van der Waals surface area contributed by atoms with E-state index in [0.717, 1.165) is 31.1 Å². The number of aromatic nitrogens is 4. The summed E-state index contributed by atoms with van der Waals surface area (Å²) in [6, 6.07) is 7.54. The number of piperidine rings is 1. The monoisotopic (exact) mass is 373 g/mol. The maximum Gasteiger partial charge on any atom is 0.220 e. The van der Waals surface area contributed by atoms with Gasteiger partial charge < -0.3 is 4.52 Å². The van der Waals surface area contributed by atoms with Gasteiger partial charge in [-0.05, 0) is 37.8 Å². The molecule has 9 heteroatoms. The van der Waals surface area contributed by atoms with Crippen LogP contribution in [0.2, 0.25) is 0 Å². The third-order valence-corrected chi connectivity index (χ3v) is 7.37. The van der Waals surface area contributed by atoms with Crippen LogP contribution in [0.15, 0.2) is 41.2 Å².